The lowest BCUT2D eigenvalue weighted by molar-refractivity contribution is -0.385. The molecule has 3 N–H and O–H groups in total. The molecule has 0 aliphatic carbocycles. The second-order valence-corrected chi connectivity index (χ2v) is 4.16. The molecule has 9 heteroatoms. The average molecular weight is 303 g/mol. The minimum atomic E-state index is -3.16. The Labute approximate surface area is 119 Å². The lowest BCUT2D eigenvalue weighted by Gasteiger charge is -2.14. The van der Waals surface area contributed by atoms with E-state index in [0.717, 1.165) is 0 Å². The number of nitro groups is 1. The van der Waals surface area contributed by atoms with Crippen molar-refractivity contribution in [3.05, 3.63) is 34.4 Å². The average Bonchev–Trinajstić information content (AvgIpc) is 2.45. The molecule has 0 heterocycles. The van der Waals surface area contributed by atoms with Gasteiger partial charge in [0.25, 0.3) is 5.92 Å². The van der Waals surface area contributed by atoms with E-state index < -0.39 is 29.8 Å². The van der Waals surface area contributed by atoms with Crippen LogP contribution in [-0.4, -0.2) is 36.4 Å². The van der Waals surface area contributed by atoms with E-state index in [1.807, 2.05) is 5.32 Å². The van der Waals surface area contributed by atoms with Gasteiger partial charge in [-0.3, -0.25) is 14.9 Å². The molecule has 1 rings (SSSR count). The zero-order chi connectivity index (χ0) is 15.9. The van der Waals surface area contributed by atoms with Gasteiger partial charge in [0, 0.05) is 6.07 Å². The first-order chi connectivity index (χ1) is 9.85. The predicted octanol–water partition coefficient (Wildman–Crippen LogP) is 1.07. The first kappa shape index (κ1) is 16.8. The largest absolute Gasteiger partial charge is 0.486 e. The molecule has 0 aliphatic rings. The number of rotatable bonds is 8. The van der Waals surface area contributed by atoms with E-state index >= 15 is 0 Å². The molecular formula is C12H15F2N3O4. The maximum Gasteiger partial charge on any atom is 0.310 e. The summed E-state index contributed by atoms with van der Waals surface area (Å²) in [6, 6.07) is 5.67. The molecule has 0 radical (unpaired) electrons. The van der Waals surface area contributed by atoms with E-state index in [1.54, 1.807) is 6.07 Å². The number of nitrogens with two attached hydrogens (primary N) is 1. The van der Waals surface area contributed by atoms with Gasteiger partial charge in [-0.1, -0.05) is 12.1 Å². The molecule has 0 saturated heterocycles. The highest BCUT2D eigenvalue weighted by Crippen LogP contribution is 2.25. The van der Waals surface area contributed by atoms with Crippen LogP contribution in [0.5, 0.6) is 5.75 Å². The summed E-state index contributed by atoms with van der Waals surface area (Å²) < 4.78 is 30.7. The maximum atomic E-state index is 12.8. The third kappa shape index (κ3) is 5.69. The Morgan fingerprint density at radius 1 is 1.43 bits per heavy atom. The second kappa shape index (κ2) is 7.48. The standard InChI is InChI=1S/C12H15F2N3O4/c13-12(14,7-15)8-16-11(18)5-6-21-10-4-2-1-3-9(10)17(19)20/h1-4H,5-8,15H2,(H,16,18). The molecule has 116 valence electrons. The van der Waals surface area contributed by atoms with Crippen molar-refractivity contribution >= 4 is 11.6 Å². The SMILES string of the molecule is NCC(F)(F)CNC(=O)CCOc1ccccc1[N+](=O)[O-]. The van der Waals surface area contributed by atoms with Crippen LogP contribution in [0.1, 0.15) is 6.42 Å². The van der Waals surface area contributed by atoms with Gasteiger partial charge in [-0.05, 0) is 6.07 Å². The molecule has 0 fully saturated rings. The van der Waals surface area contributed by atoms with Gasteiger partial charge in [-0.25, -0.2) is 8.78 Å². The lowest BCUT2D eigenvalue weighted by Crippen LogP contribution is -2.41. The topological polar surface area (TPSA) is 107 Å². The number of nitrogens with zero attached hydrogens (tertiary/aromatic N) is 1. The minimum absolute atomic E-state index is 0.0163. The number of ether oxygens (including phenoxy) is 1. The van der Waals surface area contributed by atoms with Crippen LogP contribution in [0.25, 0.3) is 0 Å². The van der Waals surface area contributed by atoms with Gasteiger partial charge in [0.2, 0.25) is 5.91 Å². The fourth-order valence-corrected chi connectivity index (χ4v) is 1.37. The Kier molecular flexibility index (Phi) is 5.97. The third-order valence-electron chi connectivity index (χ3n) is 2.49. The zero-order valence-electron chi connectivity index (χ0n) is 11.1. The third-order valence-corrected chi connectivity index (χ3v) is 2.49. The molecule has 1 aromatic rings. The van der Waals surface area contributed by atoms with Crippen molar-refractivity contribution in [2.45, 2.75) is 12.3 Å². The van der Waals surface area contributed by atoms with E-state index in [2.05, 4.69) is 0 Å². The highest BCUT2D eigenvalue weighted by Gasteiger charge is 2.27. The zero-order valence-corrected chi connectivity index (χ0v) is 11.1. The first-order valence-electron chi connectivity index (χ1n) is 6.06. The summed E-state index contributed by atoms with van der Waals surface area (Å²) in [5, 5.41) is 12.7. The molecule has 1 aromatic carbocycles. The van der Waals surface area contributed by atoms with E-state index in [-0.39, 0.29) is 24.5 Å². The summed E-state index contributed by atoms with van der Waals surface area (Å²) in [5.74, 6) is -3.79. The Balaban J connectivity index is 2.40. The molecule has 0 atom stereocenters. The van der Waals surface area contributed by atoms with Crippen LogP contribution in [-0.2, 0) is 4.79 Å². The summed E-state index contributed by atoms with van der Waals surface area (Å²) in [6.45, 7) is -1.88. The number of hydrogen-bond acceptors (Lipinski definition) is 5. The van der Waals surface area contributed by atoms with E-state index in [1.165, 1.54) is 18.2 Å². The van der Waals surface area contributed by atoms with E-state index in [4.69, 9.17) is 10.5 Å². The van der Waals surface area contributed by atoms with E-state index in [0.29, 0.717) is 0 Å². The van der Waals surface area contributed by atoms with Crippen molar-refractivity contribution in [3.8, 4) is 5.75 Å². The quantitative estimate of drug-likeness (QED) is 0.552. The van der Waals surface area contributed by atoms with Crippen molar-refractivity contribution in [1.29, 1.82) is 0 Å². The highest BCUT2D eigenvalue weighted by atomic mass is 19.3. The van der Waals surface area contributed by atoms with Crippen LogP contribution in [0.3, 0.4) is 0 Å². The van der Waals surface area contributed by atoms with Gasteiger partial charge in [-0.2, -0.15) is 0 Å². The minimum Gasteiger partial charge on any atom is -0.486 e. The van der Waals surface area contributed by atoms with Gasteiger partial charge in [-0.15, -0.1) is 0 Å². The van der Waals surface area contributed by atoms with Crippen molar-refractivity contribution in [2.24, 2.45) is 5.73 Å². The highest BCUT2D eigenvalue weighted by molar-refractivity contribution is 5.76. The number of benzene rings is 1. The number of carbonyl (C=O) groups is 1. The lowest BCUT2D eigenvalue weighted by atomic mass is 10.3. The Morgan fingerprint density at radius 3 is 2.71 bits per heavy atom. The normalized spacial score (nSPS) is 11.0. The number of halogens is 2. The molecule has 0 saturated carbocycles. The number of nitro benzene ring substituents is 1. The fourth-order valence-electron chi connectivity index (χ4n) is 1.37. The molecule has 0 spiro atoms. The van der Waals surface area contributed by atoms with Crippen LogP contribution in [0.2, 0.25) is 0 Å². The molecule has 0 unspecified atom stereocenters. The van der Waals surface area contributed by atoms with Gasteiger partial charge >= 0.3 is 5.69 Å². The van der Waals surface area contributed by atoms with Crippen LogP contribution >= 0.6 is 0 Å². The molecule has 1 amide bonds. The molecule has 0 aliphatic heterocycles. The summed E-state index contributed by atoms with van der Waals surface area (Å²) in [4.78, 5) is 21.4. The van der Waals surface area contributed by atoms with Crippen molar-refractivity contribution in [3.63, 3.8) is 0 Å². The predicted molar refractivity (Wildman–Crippen MR) is 70.2 cm³/mol. The maximum absolute atomic E-state index is 12.8. The van der Waals surface area contributed by atoms with Crippen LogP contribution in [0.4, 0.5) is 14.5 Å². The Bertz CT molecular complexity index is 511. The first-order valence-corrected chi connectivity index (χ1v) is 6.06. The van der Waals surface area contributed by atoms with Crippen molar-refractivity contribution < 1.29 is 23.2 Å². The monoisotopic (exact) mass is 303 g/mol. The molecule has 7 nitrogen and oxygen atoms in total. The Morgan fingerprint density at radius 2 is 2.10 bits per heavy atom. The number of nitrogens with one attached hydrogen (secondary N) is 1. The Hall–Kier alpha value is -2.29. The van der Waals surface area contributed by atoms with Crippen molar-refractivity contribution in [2.75, 3.05) is 19.7 Å². The van der Waals surface area contributed by atoms with E-state index in [9.17, 15) is 23.7 Å². The van der Waals surface area contributed by atoms with Gasteiger partial charge in [0.05, 0.1) is 31.0 Å². The van der Waals surface area contributed by atoms with Crippen LogP contribution < -0.4 is 15.8 Å². The van der Waals surface area contributed by atoms with Gasteiger partial charge < -0.3 is 15.8 Å². The number of alkyl halides is 2. The second-order valence-electron chi connectivity index (χ2n) is 4.16. The number of amides is 1. The van der Waals surface area contributed by atoms with Gasteiger partial charge in [0.15, 0.2) is 5.75 Å². The van der Waals surface area contributed by atoms with Crippen LogP contribution in [0.15, 0.2) is 24.3 Å². The smallest absolute Gasteiger partial charge is 0.310 e. The molecule has 0 aromatic heterocycles. The molecule has 21 heavy (non-hydrogen) atoms. The van der Waals surface area contributed by atoms with Gasteiger partial charge in [0.1, 0.15) is 0 Å². The summed E-state index contributed by atoms with van der Waals surface area (Å²) in [7, 11) is 0. The molecule has 0 bridgehead atoms. The summed E-state index contributed by atoms with van der Waals surface area (Å²) in [5.41, 5.74) is 4.59. The van der Waals surface area contributed by atoms with Crippen molar-refractivity contribution in [1.82, 2.24) is 5.32 Å². The summed E-state index contributed by atoms with van der Waals surface area (Å²) >= 11 is 0. The number of carbonyl (C=O) groups excluding carboxylic acids is 1. The number of hydrogen-bond donors (Lipinski definition) is 2. The van der Waals surface area contributed by atoms with Crippen LogP contribution in [0, 0.1) is 10.1 Å². The molecular weight excluding hydrogens is 288 g/mol. The fraction of sp³-hybridized carbons (Fsp3) is 0.417. The summed E-state index contributed by atoms with van der Waals surface area (Å²) in [6.07, 6.45) is -0.202. The number of para-hydroxylation sites is 2.